The van der Waals surface area contributed by atoms with Crippen molar-refractivity contribution in [2.24, 2.45) is 10.2 Å². The monoisotopic (exact) mass is 594 g/mol. The fraction of sp³-hybridized carbons (Fsp3) is 0.267. The van der Waals surface area contributed by atoms with Gasteiger partial charge >= 0.3 is 6.36 Å². The lowest BCUT2D eigenvalue weighted by Gasteiger charge is -2.34. The molecule has 0 spiro atoms. The minimum absolute atomic E-state index is 0.121. The predicted molar refractivity (Wildman–Crippen MR) is 159 cm³/mol. The number of ether oxygens (including phenoxy) is 1. The Kier molecular flexibility index (Phi) is 8.11. The second-order valence-corrected chi connectivity index (χ2v) is 11.5. The van der Waals surface area contributed by atoms with Crippen molar-refractivity contribution >= 4 is 28.8 Å². The van der Waals surface area contributed by atoms with E-state index >= 15 is 0 Å². The Morgan fingerprint density at radius 2 is 1.74 bits per heavy atom. The number of anilines is 1. The number of rotatable bonds is 7. The first-order valence-corrected chi connectivity index (χ1v) is 14.1. The summed E-state index contributed by atoms with van der Waals surface area (Å²) in [5.74, 6) is 0.404. The van der Waals surface area contributed by atoms with Crippen LogP contribution in [-0.4, -0.2) is 48.6 Å². The summed E-state index contributed by atoms with van der Waals surface area (Å²) in [5, 5.41) is 25.1. The molecule has 1 aliphatic rings. The summed E-state index contributed by atoms with van der Waals surface area (Å²) in [6.45, 7) is 7.99. The lowest BCUT2D eigenvalue weighted by molar-refractivity contribution is -0.274. The van der Waals surface area contributed by atoms with Crippen LogP contribution in [0.2, 0.25) is 0 Å². The molecule has 3 aromatic carbocycles. The van der Waals surface area contributed by atoms with Gasteiger partial charge in [-0.3, -0.25) is 4.90 Å². The molecule has 0 saturated carbocycles. The number of hydrogen-bond acceptors (Lipinski definition) is 7. The Balaban J connectivity index is 1.31. The first-order chi connectivity index (χ1) is 19.9. The van der Waals surface area contributed by atoms with E-state index in [1.807, 2.05) is 54.3 Å². The van der Waals surface area contributed by atoms with Crippen LogP contribution in [0.3, 0.4) is 0 Å². The van der Waals surface area contributed by atoms with Gasteiger partial charge in [0.1, 0.15) is 12.1 Å². The van der Waals surface area contributed by atoms with E-state index < -0.39 is 12.1 Å². The quantitative estimate of drug-likeness (QED) is 0.183. The fourth-order valence-electron chi connectivity index (χ4n) is 4.48. The highest BCUT2D eigenvalue weighted by atomic mass is 32.2. The molecule has 4 aromatic rings. The molecule has 12 heteroatoms. The number of hydrogen-bond donors (Lipinski definition) is 1. The third kappa shape index (κ3) is 6.34. The number of alkyl halides is 3. The van der Waals surface area contributed by atoms with Crippen LogP contribution < -0.4 is 9.64 Å². The lowest BCUT2D eigenvalue weighted by Crippen LogP contribution is -2.48. The summed E-state index contributed by atoms with van der Waals surface area (Å²) in [7, 11) is 0. The maximum Gasteiger partial charge on any atom is 0.573 e. The van der Waals surface area contributed by atoms with Crippen LogP contribution in [0.1, 0.15) is 44.7 Å². The van der Waals surface area contributed by atoms with Crippen LogP contribution >= 0.6 is 11.8 Å². The molecule has 2 atom stereocenters. The third-order valence-electron chi connectivity index (χ3n) is 6.84. The van der Waals surface area contributed by atoms with Crippen LogP contribution in [0.15, 0.2) is 89.3 Å². The van der Waals surface area contributed by atoms with Gasteiger partial charge in [0, 0.05) is 11.3 Å². The largest absolute Gasteiger partial charge is 0.573 e. The van der Waals surface area contributed by atoms with Crippen LogP contribution in [-0.2, 0) is 0 Å². The number of aromatic nitrogens is 3. The fourth-order valence-corrected chi connectivity index (χ4v) is 5.60. The molecular formula is C30H29F3N6O2S. The van der Waals surface area contributed by atoms with Gasteiger partial charge < -0.3 is 9.84 Å². The molecule has 0 radical (unpaired) electrons. The molecule has 1 aliphatic heterocycles. The summed E-state index contributed by atoms with van der Waals surface area (Å²) in [5.41, 5.74) is 2.98. The van der Waals surface area contributed by atoms with Crippen molar-refractivity contribution in [3.63, 3.8) is 0 Å². The van der Waals surface area contributed by atoms with Gasteiger partial charge in [0.15, 0.2) is 16.7 Å². The van der Waals surface area contributed by atoms with Crippen molar-refractivity contribution in [1.82, 2.24) is 14.8 Å². The van der Waals surface area contributed by atoms with Gasteiger partial charge in [-0.1, -0.05) is 68.1 Å². The molecule has 1 saturated heterocycles. The Labute approximate surface area is 245 Å². The minimum atomic E-state index is -4.75. The Morgan fingerprint density at radius 1 is 1.05 bits per heavy atom. The SMILES string of the molecule is CC(C)c1ccccc1N1C(=NN=Cc2ccc(-c3ncn(-c4ccc(OC(F)(F)F)cc4)n3)cc2)SC(C)C1(C)O. The van der Waals surface area contributed by atoms with Gasteiger partial charge in [0.05, 0.1) is 17.2 Å². The van der Waals surface area contributed by atoms with Gasteiger partial charge in [-0.15, -0.1) is 23.4 Å². The van der Waals surface area contributed by atoms with Crippen molar-refractivity contribution in [3.05, 3.63) is 90.3 Å². The van der Waals surface area contributed by atoms with E-state index in [-0.39, 0.29) is 16.9 Å². The number of halogens is 3. The van der Waals surface area contributed by atoms with Crippen LogP contribution in [0.25, 0.3) is 17.1 Å². The van der Waals surface area contributed by atoms with E-state index in [9.17, 15) is 18.3 Å². The van der Waals surface area contributed by atoms with Crippen molar-refractivity contribution < 1.29 is 23.0 Å². The zero-order chi connectivity index (χ0) is 30.1. The first-order valence-electron chi connectivity index (χ1n) is 13.2. The van der Waals surface area contributed by atoms with E-state index in [1.165, 1.54) is 47.0 Å². The molecule has 2 unspecified atom stereocenters. The topological polar surface area (TPSA) is 88.1 Å². The molecule has 42 heavy (non-hydrogen) atoms. The average Bonchev–Trinajstić information content (AvgIpc) is 3.51. The van der Waals surface area contributed by atoms with Gasteiger partial charge in [0.25, 0.3) is 0 Å². The van der Waals surface area contributed by atoms with E-state index in [1.54, 1.807) is 13.1 Å². The minimum Gasteiger partial charge on any atom is -0.406 e. The average molecular weight is 595 g/mol. The third-order valence-corrected chi connectivity index (χ3v) is 8.12. The van der Waals surface area contributed by atoms with E-state index in [0.717, 1.165) is 22.4 Å². The maximum atomic E-state index is 12.4. The summed E-state index contributed by atoms with van der Waals surface area (Å²) < 4.78 is 42.6. The number of para-hydroxylation sites is 1. The Hall–Kier alpha value is -4.16. The summed E-state index contributed by atoms with van der Waals surface area (Å²) in [6.07, 6.45) is -1.63. The van der Waals surface area contributed by atoms with E-state index in [2.05, 4.69) is 44.9 Å². The molecule has 8 nitrogen and oxygen atoms in total. The zero-order valence-electron chi connectivity index (χ0n) is 23.3. The summed E-state index contributed by atoms with van der Waals surface area (Å²) in [4.78, 5) is 6.18. The second-order valence-electron chi connectivity index (χ2n) is 10.2. The molecule has 5 rings (SSSR count). The highest BCUT2D eigenvalue weighted by Gasteiger charge is 2.47. The molecule has 0 bridgehead atoms. The van der Waals surface area contributed by atoms with Gasteiger partial charge in [-0.25, -0.2) is 9.67 Å². The molecule has 1 fully saturated rings. The molecule has 0 aliphatic carbocycles. The molecule has 0 amide bonds. The number of benzene rings is 3. The van der Waals surface area contributed by atoms with Crippen molar-refractivity contribution in [1.29, 1.82) is 0 Å². The van der Waals surface area contributed by atoms with E-state index in [4.69, 9.17) is 0 Å². The Bertz CT molecular complexity index is 1600. The van der Waals surface area contributed by atoms with Gasteiger partial charge in [0.2, 0.25) is 0 Å². The molecule has 1 N–H and O–H groups in total. The van der Waals surface area contributed by atoms with Crippen LogP contribution in [0.5, 0.6) is 5.75 Å². The molecule has 1 aromatic heterocycles. The number of aliphatic hydroxyl groups is 1. The highest BCUT2D eigenvalue weighted by Crippen LogP contribution is 2.43. The maximum absolute atomic E-state index is 12.4. The molecular weight excluding hydrogens is 565 g/mol. The Morgan fingerprint density at radius 3 is 2.40 bits per heavy atom. The smallest absolute Gasteiger partial charge is 0.406 e. The van der Waals surface area contributed by atoms with Crippen LogP contribution in [0.4, 0.5) is 18.9 Å². The second kappa shape index (κ2) is 11.6. The zero-order valence-corrected chi connectivity index (χ0v) is 24.1. The summed E-state index contributed by atoms with van der Waals surface area (Å²) in [6, 6.07) is 20.8. The van der Waals surface area contributed by atoms with Crippen molar-refractivity contribution in [2.75, 3.05) is 4.90 Å². The highest BCUT2D eigenvalue weighted by molar-refractivity contribution is 8.15. The lowest BCUT2D eigenvalue weighted by atomic mass is 9.99. The van der Waals surface area contributed by atoms with Gasteiger partial charge in [-0.2, -0.15) is 5.10 Å². The van der Waals surface area contributed by atoms with E-state index in [0.29, 0.717) is 16.7 Å². The number of thioether (sulfide) groups is 1. The van der Waals surface area contributed by atoms with Crippen molar-refractivity contribution in [2.45, 2.75) is 51.0 Å². The first kappa shape index (κ1) is 29.3. The van der Waals surface area contributed by atoms with Crippen molar-refractivity contribution in [3.8, 4) is 22.8 Å². The molecule has 218 valence electrons. The van der Waals surface area contributed by atoms with Crippen LogP contribution in [0, 0.1) is 0 Å². The number of amidine groups is 1. The summed E-state index contributed by atoms with van der Waals surface area (Å²) >= 11 is 1.47. The normalized spacial score (nSPS) is 20.3. The van der Waals surface area contributed by atoms with Gasteiger partial charge in [-0.05, 0) is 61.2 Å². The molecule has 2 heterocycles. The number of nitrogens with zero attached hydrogens (tertiary/aromatic N) is 6. The standard InChI is InChI=1S/C30H29F3N6O2S/c1-19(2)25-7-5-6-8-26(25)39-28(42-20(3)29(39,4)40)36-35-17-21-9-11-22(12-10-21)27-34-18-38(37-27)23-13-15-24(16-14-23)41-30(31,32)33/h5-20,40H,1-4H3. The predicted octanol–water partition coefficient (Wildman–Crippen LogP) is 7.00.